The summed E-state index contributed by atoms with van der Waals surface area (Å²) in [7, 11) is 0. The molecule has 8 nitrogen and oxygen atoms in total. The number of anilines is 3. The molecule has 0 radical (unpaired) electrons. The molecule has 0 saturated heterocycles. The summed E-state index contributed by atoms with van der Waals surface area (Å²) >= 11 is 6.28. The summed E-state index contributed by atoms with van der Waals surface area (Å²) in [4.78, 5) is 26.2. The zero-order chi connectivity index (χ0) is 27.5. The van der Waals surface area contributed by atoms with E-state index in [0.717, 1.165) is 12.1 Å². The van der Waals surface area contributed by atoms with Gasteiger partial charge in [-0.2, -0.15) is 13.2 Å². The predicted molar refractivity (Wildman–Crippen MR) is 128 cm³/mol. The molecule has 1 aliphatic heterocycles. The van der Waals surface area contributed by atoms with Gasteiger partial charge in [-0.3, -0.25) is 9.59 Å². The maximum atomic E-state index is 14.1. The second-order valence-electron chi connectivity index (χ2n) is 8.36. The third-order valence-corrected chi connectivity index (χ3v) is 6.31. The summed E-state index contributed by atoms with van der Waals surface area (Å²) in [5.41, 5.74) is 9.88. The molecule has 14 heteroatoms. The molecule has 0 bridgehead atoms. The number of rotatable bonds is 3. The molecule has 0 spiro atoms. The lowest BCUT2D eigenvalue weighted by atomic mass is 9.92. The van der Waals surface area contributed by atoms with Crippen LogP contribution in [0, 0.1) is 11.6 Å². The Morgan fingerprint density at radius 2 is 1.71 bits per heavy atom. The Hall–Kier alpha value is -4.52. The molecule has 2 amide bonds. The van der Waals surface area contributed by atoms with Crippen molar-refractivity contribution >= 4 is 51.5 Å². The number of carbonyl (C=O) groups excluding carboxylic acids is 2. The number of hydrogen-bond donors (Lipinski definition) is 4. The number of nitrogens with two attached hydrogens (primary N) is 2. The third kappa shape index (κ3) is 4.20. The first kappa shape index (κ1) is 25.1. The lowest BCUT2D eigenvalue weighted by Gasteiger charge is -2.19. The van der Waals surface area contributed by atoms with E-state index in [4.69, 9.17) is 23.1 Å². The van der Waals surface area contributed by atoms with Gasteiger partial charge >= 0.3 is 6.18 Å². The molecular weight excluding hydrogens is 535 g/mol. The van der Waals surface area contributed by atoms with Gasteiger partial charge in [0.05, 0.1) is 17.2 Å². The van der Waals surface area contributed by atoms with Crippen LogP contribution in [0.15, 0.2) is 42.5 Å². The maximum Gasteiger partial charge on any atom is 0.416 e. The number of alkyl halides is 3. The number of carbonyl (C=O) groups is 2. The zero-order valence-electron chi connectivity index (χ0n) is 18.8. The molecule has 38 heavy (non-hydrogen) atoms. The Morgan fingerprint density at radius 1 is 1.00 bits per heavy atom. The summed E-state index contributed by atoms with van der Waals surface area (Å²) in [5, 5.41) is 12.7. The molecule has 1 aromatic heterocycles. The van der Waals surface area contributed by atoms with Crippen LogP contribution in [0.4, 0.5) is 39.3 Å². The van der Waals surface area contributed by atoms with Gasteiger partial charge in [0.1, 0.15) is 11.6 Å². The summed E-state index contributed by atoms with van der Waals surface area (Å²) in [6.07, 6.45) is -4.92. The van der Waals surface area contributed by atoms with Crippen LogP contribution in [0.1, 0.15) is 43.4 Å². The molecule has 4 aromatic rings. The summed E-state index contributed by atoms with van der Waals surface area (Å²) in [6, 6.07) is 4.95. The van der Waals surface area contributed by atoms with E-state index in [-0.39, 0.29) is 55.9 Å². The highest BCUT2D eigenvalue weighted by Crippen LogP contribution is 2.44. The number of benzene rings is 3. The molecule has 1 unspecified atom stereocenters. The number of nitrogen functional groups attached to an aromatic ring is 2. The number of halogens is 6. The fourth-order valence-corrected chi connectivity index (χ4v) is 4.57. The summed E-state index contributed by atoms with van der Waals surface area (Å²) < 4.78 is 67.7. The van der Waals surface area contributed by atoms with Crippen molar-refractivity contribution in [1.82, 2.24) is 15.5 Å². The molecule has 194 valence electrons. The van der Waals surface area contributed by atoms with Crippen LogP contribution in [0.2, 0.25) is 5.02 Å². The van der Waals surface area contributed by atoms with Crippen LogP contribution in [0.3, 0.4) is 0 Å². The van der Waals surface area contributed by atoms with E-state index < -0.39 is 46.8 Å². The van der Waals surface area contributed by atoms with Gasteiger partial charge in [0.25, 0.3) is 11.8 Å². The Labute approximate surface area is 214 Å². The van der Waals surface area contributed by atoms with E-state index in [1.54, 1.807) is 0 Å². The van der Waals surface area contributed by atoms with Gasteiger partial charge in [-0.25, -0.2) is 8.78 Å². The van der Waals surface area contributed by atoms with E-state index in [1.165, 1.54) is 12.1 Å². The maximum absolute atomic E-state index is 14.1. The van der Waals surface area contributed by atoms with Gasteiger partial charge in [0, 0.05) is 38.2 Å². The predicted octanol–water partition coefficient (Wildman–Crippen LogP) is 4.83. The fraction of sp³-hybridized carbons (Fsp3) is 0.0833. The highest BCUT2D eigenvalue weighted by atomic mass is 35.5. The van der Waals surface area contributed by atoms with E-state index in [0.29, 0.717) is 12.1 Å². The first-order chi connectivity index (χ1) is 17.8. The van der Waals surface area contributed by atoms with Gasteiger partial charge in [0.15, 0.2) is 11.6 Å². The third-order valence-electron chi connectivity index (χ3n) is 5.96. The van der Waals surface area contributed by atoms with Crippen LogP contribution >= 0.6 is 11.6 Å². The van der Waals surface area contributed by atoms with Crippen molar-refractivity contribution in [3.8, 4) is 0 Å². The quantitative estimate of drug-likeness (QED) is 0.271. The summed E-state index contributed by atoms with van der Waals surface area (Å²) in [6.45, 7) is 0. The van der Waals surface area contributed by atoms with Gasteiger partial charge < -0.3 is 22.1 Å². The molecule has 0 saturated carbocycles. The average Bonchev–Trinajstić information content (AvgIpc) is 3.19. The average molecular weight is 549 g/mol. The van der Waals surface area contributed by atoms with E-state index >= 15 is 0 Å². The monoisotopic (exact) mass is 548 g/mol. The number of nitrogens with one attached hydrogen (secondary N) is 2. The molecule has 1 aliphatic rings. The first-order valence-electron chi connectivity index (χ1n) is 10.7. The lowest BCUT2D eigenvalue weighted by molar-refractivity contribution is -0.137. The van der Waals surface area contributed by atoms with Crippen LogP contribution in [-0.4, -0.2) is 22.0 Å². The normalized spacial score (nSPS) is 14.9. The molecule has 0 aliphatic carbocycles. The Kier molecular flexibility index (Phi) is 5.82. The van der Waals surface area contributed by atoms with Crippen molar-refractivity contribution in [3.63, 3.8) is 0 Å². The van der Waals surface area contributed by atoms with Crippen molar-refractivity contribution < 1.29 is 31.5 Å². The number of hydrogen-bond acceptors (Lipinski definition) is 6. The van der Waals surface area contributed by atoms with Gasteiger partial charge in [-0.15, -0.1) is 10.2 Å². The molecular formula is C24H14ClF5N6O2. The van der Waals surface area contributed by atoms with Crippen molar-refractivity contribution in [1.29, 1.82) is 0 Å². The van der Waals surface area contributed by atoms with Gasteiger partial charge in [-0.05, 0) is 42.5 Å². The van der Waals surface area contributed by atoms with E-state index in [9.17, 15) is 31.5 Å². The van der Waals surface area contributed by atoms with E-state index in [1.807, 2.05) is 0 Å². The second-order valence-corrected chi connectivity index (χ2v) is 8.77. The molecule has 1 atom stereocenters. The second kappa shape index (κ2) is 8.80. The zero-order valence-corrected chi connectivity index (χ0v) is 19.5. The molecule has 0 fully saturated rings. The molecule has 3 aromatic carbocycles. The van der Waals surface area contributed by atoms with Crippen LogP contribution in [0.5, 0.6) is 0 Å². The van der Waals surface area contributed by atoms with Gasteiger partial charge in [-0.1, -0.05) is 11.6 Å². The van der Waals surface area contributed by atoms with Crippen molar-refractivity contribution in [2.45, 2.75) is 12.2 Å². The summed E-state index contributed by atoms with van der Waals surface area (Å²) in [5.74, 6) is -4.14. The number of fused-ring (bicyclic) bond motifs is 3. The van der Waals surface area contributed by atoms with E-state index in [2.05, 4.69) is 20.8 Å². The van der Waals surface area contributed by atoms with Crippen LogP contribution in [-0.2, 0) is 6.18 Å². The van der Waals surface area contributed by atoms with Crippen molar-refractivity contribution in [2.75, 3.05) is 16.8 Å². The minimum atomic E-state index is -4.92. The number of aromatic nitrogens is 2. The van der Waals surface area contributed by atoms with Crippen molar-refractivity contribution in [2.24, 2.45) is 0 Å². The first-order valence-corrected chi connectivity index (χ1v) is 11.1. The van der Waals surface area contributed by atoms with Crippen LogP contribution in [0.25, 0.3) is 10.8 Å². The molecule has 5 rings (SSSR count). The molecule has 6 N–H and O–H groups in total. The Bertz CT molecular complexity index is 1680. The van der Waals surface area contributed by atoms with Crippen molar-refractivity contribution in [3.05, 3.63) is 86.9 Å². The van der Waals surface area contributed by atoms with Gasteiger partial charge in [0.2, 0.25) is 0 Å². The lowest BCUT2D eigenvalue weighted by Crippen LogP contribution is -2.21. The number of nitrogens with zero attached hydrogens (tertiary/aromatic N) is 2. The fourth-order valence-electron chi connectivity index (χ4n) is 4.34. The smallest absolute Gasteiger partial charge is 0.382 e. The van der Waals surface area contributed by atoms with Crippen LogP contribution < -0.4 is 22.1 Å². The minimum absolute atomic E-state index is 0.0647. The highest BCUT2D eigenvalue weighted by Gasteiger charge is 2.38. The Balaban J connectivity index is 1.73. The topological polar surface area (TPSA) is 136 Å². The number of amides is 2. The SMILES string of the molecule is Nc1nnc(N)c2c3c(c(NC(=O)c4cc(F)cc(C(F)(F)F)c4)cc12)C(c1cc(F)ccc1Cl)NC3=O. The Morgan fingerprint density at radius 3 is 2.42 bits per heavy atom. The largest absolute Gasteiger partial charge is 0.416 e. The minimum Gasteiger partial charge on any atom is -0.382 e. The molecule has 2 heterocycles. The standard InChI is InChI=1S/C24H14ClF5N6O2/c25-14-2-1-10(26)6-12(14)19-17-15(33-22(37)8-3-9(24(28,29)30)5-11(27)4-8)7-13-16(18(17)23(38)34-19)21(32)36-35-20(13)31/h1-7,19H,(H2,31,35)(H2,32,36)(H,33,37)(H,34,38). The highest BCUT2D eigenvalue weighted by molar-refractivity contribution is 6.31.